The van der Waals surface area contributed by atoms with Crippen LogP contribution < -0.4 is 9.62 Å². The Labute approximate surface area is 204 Å². The number of sulfonamides is 1. The summed E-state index contributed by atoms with van der Waals surface area (Å²) in [6, 6.07) is 13.9. The molecule has 0 bridgehead atoms. The average Bonchev–Trinajstić information content (AvgIpc) is 2.74. The molecule has 8 heteroatoms. The average molecular weight is 488 g/mol. The van der Waals surface area contributed by atoms with Gasteiger partial charge in [-0.05, 0) is 69.9 Å². The largest absolute Gasteiger partial charge is 0.350 e. The van der Waals surface area contributed by atoms with E-state index in [0.717, 1.165) is 33.7 Å². The molecule has 34 heavy (non-hydrogen) atoms. The molecule has 0 saturated heterocycles. The highest BCUT2D eigenvalue weighted by molar-refractivity contribution is 7.92. The summed E-state index contributed by atoms with van der Waals surface area (Å²) in [7, 11) is -3.74. The van der Waals surface area contributed by atoms with Crippen LogP contribution in [0.25, 0.3) is 0 Å². The van der Waals surface area contributed by atoms with Crippen molar-refractivity contribution in [1.29, 1.82) is 0 Å². The van der Waals surface area contributed by atoms with Gasteiger partial charge < -0.3 is 10.2 Å². The predicted octanol–water partition coefficient (Wildman–Crippen LogP) is 3.66. The van der Waals surface area contributed by atoms with Gasteiger partial charge in [0.2, 0.25) is 21.8 Å². The van der Waals surface area contributed by atoms with Gasteiger partial charge in [0.05, 0.1) is 11.9 Å². The van der Waals surface area contributed by atoms with Crippen molar-refractivity contribution >= 4 is 27.5 Å². The summed E-state index contributed by atoms with van der Waals surface area (Å²) in [6.45, 7) is 11.0. The molecule has 186 valence electrons. The van der Waals surface area contributed by atoms with E-state index in [1.165, 1.54) is 4.90 Å². The van der Waals surface area contributed by atoms with Gasteiger partial charge in [0.25, 0.3) is 0 Å². The van der Waals surface area contributed by atoms with E-state index in [2.05, 4.69) is 5.32 Å². The van der Waals surface area contributed by atoms with E-state index < -0.39 is 34.1 Å². The van der Waals surface area contributed by atoms with Gasteiger partial charge in [0.1, 0.15) is 12.6 Å². The summed E-state index contributed by atoms with van der Waals surface area (Å²) in [5.74, 6) is -0.752. The number of aryl methyl sites for hydroxylation is 2. The lowest BCUT2D eigenvalue weighted by Gasteiger charge is -2.33. The van der Waals surface area contributed by atoms with Gasteiger partial charge in [-0.1, -0.05) is 43.3 Å². The third kappa shape index (κ3) is 7.58. The van der Waals surface area contributed by atoms with Gasteiger partial charge in [-0.3, -0.25) is 13.9 Å². The van der Waals surface area contributed by atoms with Crippen LogP contribution in [-0.4, -0.2) is 49.5 Å². The minimum absolute atomic E-state index is 0.191. The molecule has 0 unspecified atom stereocenters. The molecule has 1 atom stereocenters. The molecule has 7 nitrogen and oxygen atoms in total. The molecule has 0 radical (unpaired) electrons. The van der Waals surface area contributed by atoms with Gasteiger partial charge >= 0.3 is 0 Å². The molecule has 0 saturated carbocycles. The fourth-order valence-electron chi connectivity index (χ4n) is 3.54. The van der Waals surface area contributed by atoms with E-state index in [4.69, 9.17) is 0 Å². The molecule has 2 rings (SSSR count). The predicted molar refractivity (Wildman–Crippen MR) is 137 cm³/mol. The van der Waals surface area contributed by atoms with Crippen LogP contribution in [0.5, 0.6) is 0 Å². The standard InChI is InChI=1S/C26H37N3O4S/c1-8-21-13-15-23(16-14-21)29(34(7,32)33)18-24(30)28(17-22-12-10-9-11-19(22)2)20(3)25(31)27-26(4,5)6/h9-16,20H,8,17-18H2,1-7H3,(H,27,31)/t20-/m0/s1. The summed E-state index contributed by atoms with van der Waals surface area (Å²) in [4.78, 5) is 28.0. The Morgan fingerprint density at radius 3 is 2.12 bits per heavy atom. The summed E-state index contributed by atoms with van der Waals surface area (Å²) in [5, 5.41) is 2.92. The Morgan fingerprint density at radius 2 is 1.62 bits per heavy atom. The molecule has 0 fully saturated rings. The number of nitrogens with zero attached hydrogens (tertiary/aromatic N) is 2. The lowest BCUT2D eigenvalue weighted by atomic mass is 10.1. The fourth-order valence-corrected chi connectivity index (χ4v) is 4.39. The van der Waals surface area contributed by atoms with Crippen molar-refractivity contribution < 1.29 is 18.0 Å². The maximum absolute atomic E-state index is 13.6. The van der Waals surface area contributed by atoms with Gasteiger partial charge in [-0.2, -0.15) is 0 Å². The highest BCUT2D eigenvalue weighted by Crippen LogP contribution is 2.21. The molecular formula is C26H37N3O4S. The highest BCUT2D eigenvalue weighted by Gasteiger charge is 2.31. The zero-order valence-corrected chi connectivity index (χ0v) is 22.1. The maximum Gasteiger partial charge on any atom is 0.244 e. The SMILES string of the molecule is CCc1ccc(N(CC(=O)N(Cc2ccccc2C)[C@@H](C)C(=O)NC(C)(C)C)S(C)(=O)=O)cc1. The molecule has 0 heterocycles. The van der Waals surface area contributed by atoms with Crippen LogP contribution in [0.2, 0.25) is 0 Å². The third-order valence-corrected chi connectivity index (χ3v) is 6.72. The number of nitrogens with one attached hydrogen (secondary N) is 1. The molecule has 0 aliphatic rings. The van der Waals surface area contributed by atoms with E-state index in [0.29, 0.717) is 5.69 Å². The zero-order chi connectivity index (χ0) is 25.7. The first kappa shape index (κ1) is 27.4. The summed E-state index contributed by atoms with van der Waals surface area (Å²) >= 11 is 0. The quantitative estimate of drug-likeness (QED) is 0.585. The maximum atomic E-state index is 13.6. The Hall–Kier alpha value is -2.87. The van der Waals surface area contributed by atoms with E-state index in [9.17, 15) is 18.0 Å². The first-order chi connectivity index (χ1) is 15.7. The van der Waals surface area contributed by atoms with Crippen LogP contribution >= 0.6 is 0 Å². The van der Waals surface area contributed by atoms with Crippen LogP contribution in [0.15, 0.2) is 48.5 Å². The van der Waals surface area contributed by atoms with Gasteiger partial charge in [-0.25, -0.2) is 8.42 Å². The second-order valence-electron chi connectivity index (χ2n) is 9.65. The number of rotatable bonds is 9. The summed E-state index contributed by atoms with van der Waals surface area (Å²) < 4.78 is 26.3. The van der Waals surface area contributed by atoms with Crippen molar-refractivity contribution in [3.63, 3.8) is 0 Å². The molecule has 0 spiro atoms. The number of hydrogen-bond acceptors (Lipinski definition) is 4. The summed E-state index contributed by atoms with van der Waals surface area (Å²) in [5.41, 5.74) is 2.89. The Kier molecular flexibility index (Phi) is 8.89. The number of anilines is 1. The molecule has 0 aromatic heterocycles. The first-order valence-corrected chi connectivity index (χ1v) is 13.3. The van der Waals surface area contributed by atoms with Crippen LogP contribution in [0.1, 0.15) is 51.3 Å². The molecule has 2 aromatic carbocycles. The number of hydrogen-bond donors (Lipinski definition) is 1. The van der Waals surface area contributed by atoms with Crippen molar-refractivity contribution in [3.05, 3.63) is 65.2 Å². The monoisotopic (exact) mass is 487 g/mol. The summed E-state index contributed by atoms with van der Waals surface area (Å²) in [6.07, 6.45) is 1.90. The van der Waals surface area contributed by atoms with Crippen molar-refractivity contribution in [1.82, 2.24) is 10.2 Å². The Morgan fingerprint density at radius 1 is 1.03 bits per heavy atom. The molecule has 2 amide bonds. The normalized spacial score (nSPS) is 12.7. The van der Waals surface area contributed by atoms with Gasteiger partial charge in [0.15, 0.2) is 0 Å². The molecule has 0 aliphatic carbocycles. The van der Waals surface area contributed by atoms with E-state index in [1.54, 1.807) is 19.1 Å². The number of benzene rings is 2. The highest BCUT2D eigenvalue weighted by atomic mass is 32.2. The van der Waals surface area contributed by atoms with E-state index in [-0.39, 0.29) is 12.5 Å². The number of carbonyl (C=O) groups is 2. The zero-order valence-electron chi connectivity index (χ0n) is 21.3. The van der Waals surface area contributed by atoms with Crippen LogP contribution in [0.4, 0.5) is 5.69 Å². The second kappa shape index (κ2) is 11.0. The number of carbonyl (C=O) groups excluding carboxylic acids is 2. The smallest absolute Gasteiger partial charge is 0.244 e. The topological polar surface area (TPSA) is 86.8 Å². The van der Waals surface area contributed by atoms with Gasteiger partial charge in [0, 0.05) is 12.1 Å². The third-order valence-electron chi connectivity index (χ3n) is 5.58. The molecule has 0 aliphatic heterocycles. The van der Waals surface area contributed by atoms with Crippen molar-refractivity contribution in [2.45, 2.75) is 66.1 Å². The Bertz CT molecular complexity index is 1110. The van der Waals surface area contributed by atoms with Crippen LogP contribution in [0, 0.1) is 6.92 Å². The lowest BCUT2D eigenvalue weighted by molar-refractivity contribution is -0.140. The van der Waals surface area contributed by atoms with Crippen molar-refractivity contribution in [2.24, 2.45) is 0 Å². The first-order valence-electron chi connectivity index (χ1n) is 11.5. The minimum atomic E-state index is -3.74. The molecular weight excluding hydrogens is 450 g/mol. The van der Waals surface area contributed by atoms with E-state index in [1.807, 2.05) is 71.0 Å². The minimum Gasteiger partial charge on any atom is -0.350 e. The fraction of sp³-hybridized carbons (Fsp3) is 0.462. The van der Waals surface area contributed by atoms with E-state index >= 15 is 0 Å². The second-order valence-corrected chi connectivity index (χ2v) is 11.6. The molecule has 1 N–H and O–H groups in total. The van der Waals surface area contributed by atoms with Crippen molar-refractivity contribution in [2.75, 3.05) is 17.1 Å². The number of amides is 2. The van der Waals surface area contributed by atoms with Crippen LogP contribution in [0.3, 0.4) is 0 Å². The molecule has 2 aromatic rings. The lowest BCUT2D eigenvalue weighted by Crippen LogP contribution is -2.54. The van der Waals surface area contributed by atoms with Crippen LogP contribution in [-0.2, 0) is 32.6 Å². The van der Waals surface area contributed by atoms with Crippen molar-refractivity contribution in [3.8, 4) is 0 Å². The van der Waals surface area contributed by atoms with Gasteiger partial charge in [-0.15, -0.1) is 0 Å². The Balaban J connectivity index is 2.41.